The molecule has 7 rings (SSSR count). The van der Waals surface area contributed by atoms with Crippen LogP contribution >= 0.6 is 0 Å². The van der Waals surface area contributed by atoms with E-state index in [1.165, 1.54) is 60.2 Å². The average molecular weight is 480 g/mol. The van der Waals surface area contributed by atoms with Crippen LogP contribution in [0.5, 0.6) is 0 Å². The summed E-state index contributed by atoms with van der Waals surface area (Å²) in [6.07, 6.45) is 15.6. The number of likely N-dealkylation sites (N-methyl/N-ethyl adjacent to an activating group) is 1. The molecule has 186 valence electrons. The number of hydrogen-bond donors (Lipinski definition) is 0. The lowest BCUT2D eigenvalue weighted by Gasteiger charge is -2.48. The monoisotopic (exact) mass is 479 g/mol. The molecule has 1 saturated heterocycles. The molecule has 2 aromatic carbocycles. The number of anilines is 1. The van der Waals surface area contributed by atoms with E-state index in [1.807, 2.05) is 0 Å². The molecule has 3 aliphatic heterocycles. The molecule has 2 fully saturated rings. The standard InChI is InChI=1S/C32H37N3O/c1-30(2)26-13-7-9-15-28(26)34(3)31(30)21-33-32(36-22-31)18-16-23-10-4-6-12-25(23)29(20-32)35-19-17-24-11-5-8-14-27(24)35/h4,6-7,9-10,12-13,15-16,18,20-21,24,27H,5,8,11,14,17,19,22H2,1-3H3. The van der Waals surface area contributed by atoms with Crippen molar-refractivity contribution in [1.29, 1.82) is 0 Å². The van der Waals surface area contributed by atoms with Gasteiger partial charge in [0.1, 0.15) is 5.54 Å². The van der Waals surface area contributed by atoms with Crippen LogP contribution in [-0.2, 0) is 10.2 Å². The predicted octanol–water partition coefficient (Wildman–Crippen LogP) is 6.28. The second-order valence-corrected chi connectivity index (χ2v) is 12.0. The largest absolute Gasteiger partial charge is 0.368 e. The molecule has 0 bridgehead atoms. The Labute approximate surface area is 215 Å². The Morgan fingerprint density at radius 3 is 2.61 bits per heavy atom. The number of hydrogen-bond acceptors (Lipinski definition) is 4. The highest BCUT2D eigenvalue weighted by atomic mass is 16.5. The Bertz CT molecular complexity index is 1290. The number of benzene rings is 2. The maximum absolute atomic E-state index is 6.89. The zero-order chi connectivity index (χ0) is 24.5. The molecule has 2 aromatic rings. The molecule has 4 heteroatoms. The van der Waals surface area contributed by atoms with Crippen LogP contribution in [0.4, 0.5) is 5.69 Å². The van der Waals surface area contributed by atoms with Gasteiger partial charge in [0.2, 0.25) is 0 Å². The Morgan fingerprint density at radius 1 is 0.972 bits per heavy atom. The molecule has 4 atom stereocenters. The number of ether oxygens (including phenoxy) is 1. The molecule has 4 nitrogen and oxygen atoms in total. The molecule has 2 aliphatic carbocycles. The van der Waals surface area contributed by atoms with Crippen molar-refractivity contribution >= 4 is 23.7 Å². The van der Waals surface area contributed by atoms with Crippen molar-refractivity contribution in [1.82, 2.24) is 4.90 Å². The summed E-state index contributed by atoms with van der Waals surface area (Å²) in [5.41, 5.74) is 5.29. The smallest absolute Gasteiger partial charge is 0.199 e. The minimum atomic E-state index is -0.780. The van der Waals surface area contributed by atoms with Crippen LogP contribution in [0.1, 0.15) is 62.6 Å². The van der Waals surface area contributed by atoms with Crippen molar-refractivity contribution in [2.45, 2.75) is 68.7 Å². The van der Waals surface area contributed by atoms with E-state index in [1.54, 1.807) is 0 Å². The second-order valence-electron chi connectivity index (χ2n) is 12.0. The number of rotatable bonds is 1. The number of para-hydroxylation sites is 1. The van der Waals surface area contributed by atoms with Crippen molar-refractivity contribution in [2.75, 3.05) is 25.1 Å². The highest BCUT2D eigenvalue weighted by molar-refractivity contribution is 5.87. The van der Waals surface area contributed by atoms with Crippen molar-refractivity contribution in [2.24, 2.45) is 10.9 Å². The summed E-state index contributed by atoms with van der Waals surface area (Å²) in [5, 5.41) is 0. The van der Waals surface area contributed by atoms with E-state index in [0.29, 0.717) is 12.6 Å². The average Bonchev–Trinajstić information content (AvgIpc) is 3.35. The summed E-state index contributed by atoms with van der Waals surface area (Å²) < 4.78 is 6.89. The van der Waals surface area contributed by atoms with Crippen molar-refractivity contribution < 1.29 is 4.74 Å². The summed E-state index contributed by atoms with van der Waals surface area (Å²) in [6, 6.07) is 18.2. The van der Waals surface area contributed by atoms with Gasteiger partial charge in [0, 0.05) is 48.2 Å². The predicted molar refractivity (Wildman–Crippen MR) is 148 cm³/mol. The van der Waals surface area contributed by atoms with Crippen LogP contribution in [0.15, 0.2) is 65.7 Å². The third kappa shape index (κ3) is 3.00. The third-order valence-electron chi connectivity index (χ3n) is 10.0. The zero-order valence-electron chi connectivity index (χ0n) is 21.8. The second kappa shape index (κ2) is 7.82. The van der Waals surface area contributed by atoms with Gasteiger partial charge in [-0.05, 0) is 54.5 Å². The Balaban J connectivity index is 1.32. The minimum Gasteiger partial charge on any atom is -0.368 e. The first kappa shape index (κ1) is 22.4. The third-order valence-corrected chi connectivity index (χ3v) is 10.0. The van der Waals surface area contributed by atoms with Crippen LogP contribution in [0, 0.1) is 5.92 Å². The van der Waals surface area contributed by atoms with E-state index < -0.39 is 5.72 Å². The summed E-state index contributed by atoms with van der Waals surface area (Å²) in [5.74, 6) is 0.824. The lowest BCUT2D eigenvalue weighted by molar-refractivity contribution is -0.00617. The Kier molecular flexibility index (Phi) is 4.86. The Hall–Kier alpha value is -2.85. The molecule has 3 heterocycles. The molecule has 0 amide bonds. The number of likely N-dealkylation sites (tertiary alicyclic amines) is 1. The Morgan fingerprint density at radius 2 is 1.78 bits per heavy atom. The van der Waals surface area contributed by atoms with Gasteiger partial charge in [0.05, 0.1) is 6.61 Å². The van der Waals surface area contributed by atoms with Gasteiger partial charge in [0.25, 0.3) is 0 Å². The quantitative estimate of drug-likeness (QED) is 0.482. The van der Waals surface area contributed by atoms with Crippen LogP contribution in [0.25, 0.3) is 11.8 Å². The maximum Gasteiger partial charge on any atom is 0.199 e. The van der Waals surface area contributed by atoms with E-state index in [4.69, 9.17) is 9.73 Å². The molecule has 2 spiro atoms. The van der Waals surface area contributed by atoms with Crippen LogP contribution in [0.3, 0.4) is 0 Å². The molecular formula is C32H37N3O. The number of fused-ring (bicyclic) bond motifs is 3. The fourth-order valence-corrected chi connectivity index (χ4v) is 7.71. The van der Waals surface area contributed by atoms with Gasteiger partial charge in [0.15, 0.2) is 5.72 Å². The molecule has 0 aromatic heterocycles. The summed E-state index contributed by atoms with van der Waals surface area (Å²) in [4.78, 5) is 10.4. The van der Waals surface area contributed by atoms with Crippen molar-refractivity contribution in [3.8, 4) is 0 Å². The first-order chi connectivity index (χ1) is 17.4. The van der Waals surface area contributed by atoms with Crippen molar-refractivity contribution in [3.63, 3.8) is 0 Å². The highest BCUT2D eigenvalue weighted by Crippen LogP contribution is 2.52. The summed E-state index contributed by atoms with van der Waals surface area (Å²) >= 11 is 0. The number of aliphatic imine (C=N–C) groups is 1. The van der Waals surface area contributed by atoms with Gasteiger partial charge in [-0.2, -0.15) is 0 Å². The van der Waals surface area contributed by atoms with Gasteiger partial charge in [-0.15, -0.1) is 0 Å². The molecule has 36 heavy (non-hydrogen) atoms. The zero-order valence-corrected chi connectivity index (χ0v) is 21.8. The van der Waals surface area contributed by atoms with Gasteiger partial charge in [-0.1, -0.05) is 75.2 Å². The van der Waals surface area contributed by atoms with Gasteiger partial charge < -0.3 is 14.5 Å². The topological polar surface area (TPSA) is 28.1 Å². The lowest BCUT2D eigenvalue weighted by atomic mass is 9.70. The van der Waals surface area contributed by atoms with Crippen LogP contribution in [0.2, 0.25) is 0 Å². The molecule has 4 unspecified atom stereocenters. The fourth-order valence-electron chi connectivity index (χ4n) is 7.71. The SMILES string of the molecule is CN1c2ccccc2C(C)(C)C12C=NC1(C=Cc3ccccc3C(N3CCC4CCCCC43)=C1)OC2. The summed E-state index contributed by atoms with van der Waals surface area (Å²) in [6.45, 7) is 6.38. The summed E-state index contributed by atoms with van der Waals surface area (Å²) in [7, 11) is 2.19. The molecule has 5 aliphatic rings. The van der Waals surface area contributed by atoms with Crippen LogP contribution in [-0.4, -0.2) is 48.6 Å². The van der Waals surface area contributed by atoms with Gasteiger partial charge >= 0.3 is 0 Å². The molecule has 0 N–H and O–H groups in total. The maximum atomic E-state index is 6.89. The molecule has 1 saturated carbocycles. The fraction of sp³-hybridized carbons (Fsp3) is 0.469. The van der Waals surface area contributed by atoms with Crippen LogP contribution < -0.4 is 4.90 Å². The first-order valence-corrected chi connectivity index (χ1v) is 13.8. The van der Waals surface area contributed by atoms with E-state index in [2.05, 4.69) is 104 Å². The normalized spacial score (nSPS) is 33.9. The minimum absolute atomic E-state index is 0.113. The van der Waals surface area contributed by atoms with E-state index >= 15 is 0 Å². The first-order valence-electron chi connectivity index (χ1n) is 13.8. The molecular weight excluding hydrogens is 442 g/mol. The van der Waals surface area contributed by atoms with E-state index in [0.717, 1.165) is 12.5 Å². The number of nitrogens with zero attached hydrogens (tertiary/aromatic N) is 3. The molecule has 0 radical (unpaired) electrons. The van der Waals surface area contributed by atoms with Crippen molar-refractivity contribution in [3.05, 3.63) is 77.4 Å². The van der Waals surface area contributed by atoms with Gasteiger partial charge in [-0.3, -0.25) is 4.99 Å². The lowest BCUT2D eigenvalue weighted by Crippen LogP contribution is -2.62. The van der Waals surface area contributed by atoms with Gasteiger partial charge in [-0.25, -0.2) is 0 Å². The van der Waals surface area contributed by atoms with E-state index in [9.17, 15) is 0 Å². The highest BCUT2D eigenvalue weighted by Gasteiger charge is 2.57. The van der Waals surface area contributed by atoms with E-state index in [-0.39, 0.29) is 11.0 Å².